The summed E-state index contributed by atoms with van der Waals surface area (Å²) in [5.41, 5.74) is 6.77. The first-order chi connectivity index (χ1) is 7.79. The van der Waals surface area contributed by atoms with Crippen molar-refractivity contribution >= 4 is 11.5 Å². The quantitative estimate of drug-likeness (QED) is 0.790. The molecule has 3 N–H and O–H groups in total. The molecule has 0 amide bonds. The highest BCUT2D eigenvalue weighted by atomic mass is 16.5. The Morgan fingerprint density at radius 3 is 3.19 bits per heavy atom. The number of nitriles is 1. The third-order valence-electron chi connectivity index (χ3n) is 2.63. The van der Waals surface area contributed by atoms with Gasteiger partial charge in [-0.3, -0.25) is 0 Å². The molecular weight excluding hydrogens is 204 g/mol. The topological polar surface area (TPSA) is 84.0 Å². The summed E-state index contributed by atoms with van der Waals surface area (Å²) in [5, 5.41) is 11.9. The Morgan fingerprint density at radius 1 is 1.69 bits per heavy atom. The van der Waals surface area contributed by atoms with Gasteiger partial charge in [-0.25, -0.2) is 4.98 Å². The smallest absolute Gasteiger partial charge is 0.149 e. The summed E-state index contributed by atoms with van der Waals surface area (Å²) in [5.74, 6) is 1.17. The molecule has 1 saturated heterocycles. The minimum Gasteiger partial charge on any atom is -0.396 e. The number of ether oxygens (including phenoxy) is 1. The fraction of sp³-hybridized carbons (Fsp3) is 0.455. The molecule has 0 radical (unpaired) electrons. The Bertz CT molecular complexity index is 407. The Morgan fingerprint density at radius 2 is 2.56 bits per heavy atom. The first kappa shape index (κ1) is 10.7. The van der Waals surface area contributed by atoms with Gasteiger partial charge in [0.1, 0.15) is 11.9 Å². The van der Waals surface area contributed by atoms with E-state index in [2.05, 4.69) is 10.3 Å². The second-order valence-electron chi connectivity index (χ2n) is 3.88. The molecule has 0 aromatic carbocycles. The van der Waals surface area contributed by atoms with Crippen molar-refractivity contribution in [3.63, 3.8) is 0 Å². The number of nitrogens with one attached hydrogen (secondary N) is 1. The molecule has 0 aliphatic carbocycles. The molecular formula is C11H14N4O. The highest BCUT2D eigenvalue weighted by Crippen LogP contribution is 2.18. The molecule has 1 atom stereocenters. The third-order valence-corrected chi connectivity index (χ3v) is 2.63. The summed E-state index contributed by atoms with van der Waals surface area (Å²) in [6.07, 6.45) is 2.59. The predicted octanol–water partition coefficient (Wildman–Crippen LogP) is 0.984. The molecule has 16 heavy (non-hydrogen) atoms. The van der Waals surface area contributed by atoms with E-state index in [1.165, 1.54) is 6.20 Å². The van der Waals surface area contributed by atoms with E-state index in [0.29, 0.717) is 23.0 Å². The largest absolute Gasteiger partial charge is 0.396 e. The van der Waals surface area contributed by atoms with E-state index < -0.39 is 0 Å². The Kier molecular flexibility index (Phi) is 3.22. The van der Waals surface area contributed by atoms with Crippen LogP contribution in [0.3, 0.4) is 0 Å². The van der Waals surface area contributed by atoms with Gasteiger partial charge in [-0.05, 0) is 12.5 Å². The average Bonchev–Trinajstić information content (AvgIpc) is 2.80. The van der Waals surface area contributed by atoms with Gasteiger partial charge in [0.05, 0.1) is 17.9 Å². The SMILES string of the molecule is N#Cc1cnc(NCC2CCOC2)c(N)c1. The van der Waals surface area contributed by atoms with Crippen molar-refractivity contribution in [2.45, 2.75) is 6.42 Å². The van der Waals surface area contributed by atoms with Crippen LogP contribution in [0.5, 0.6) is 0 Å². The van der Waals surface area contributed by atoms with Crippen LogP contribution in [0.1, 0.15) is 12.0 Å². The van der Waals surface area contributed by atoms with Gasteiger partial charge in [-0.2, -0.15) is 5.26 Å². The molecule has 0 saturated carbocycles. The van der Waals surface area contributed by atoms with Crippen molar-refractivity contribution in [3.05, 3.63) is 17.8 Å². The standard InChI is InChI=1S/C11H14N4O/c12-4-9-3-10(13)11(15-6-9)14-5-8-1-2-16-7-8/h3,6,8H,1-2,5,7,13H2,(H,14,15). The molecule has 0 bridgehead atoms. The maximum Gasteiger partial charge on any atom is 0.149 e. The van der Waals surface area contributed by atoms with Crippen LogP contribution in [-0.2, 0) is 4.74 Å². The van der Waals surface area contributed by atoms with E-state index in [4.69, 9.17) is 15.7 Å². The van der Waals surface area contributed by atoms with Crippen LogP contribution < -0.4 is 11.1 Å². The molecule has 84 valence electrons. The van der Waals surface area contributed by atoms with Crippen LogP contribution >= 0.6 is 0 Å². The number of hydrogen-bond acceptors (Lipinski definition) is 5. The van der Waals surface area contributed by atoms with Crippen molar-refractivity contribution in [1.29, 1.82) is 5.26 Å². The summed E-state index contributed by atoms with van der Waals surface area (Å²) >= 11 is 0. The number of pyridine rings is 1. The number of nitrogens with zero attached hydrogens (tertiary/aromatic N) is 2. The van der Waals surface area contributed by atoms with Gasteiger partial charge >= 0.3 is 0 Å². The number of nitrogen functional groups attached to an aromatic ring is 1. The molecule has 5 nitrogen and oxygen atoms in total. The third kappa shape index (κ3) is 2.41. The van der Waals surface area contributed by atoms with E-state index in [9.17, 15) is 0 Å². The van der Waals surface area contributed by atoms with Crippen molar-refractivity contribution in [2.75, 3.05) is 30.8 Å². The number of rotatable bonds is 3. The van der Waals surface area contributed by atoms with Crippen molar-refractivity contribution in [1.82, 2.24) is 4.98 Å². The Labute approximate surface area is 94.2 Å². The molecule has 2 rings (SSSR count). The lowest BCUT2D eigenvalue weighted by atomic mass is 10.1. The molecule has 1 aliphatic rings. The molecule has 5 heteroatoms. The Hall–Kier alpha value is -1.80. The number of hydrogen-bond donors (Lipinski definition) is 2. The van der Waals surface area contributed by atoms with Gasteiger partial charge < -0.3 is 15.8 Å². The van der Waals surface area contributed by atoms with Gasteiger partial charge in [0.2, 0.25) is 0 Å². The lowest BCUT2D eigenvalue weighted by Crippen LogP contribution is -2.15. The van der Waals surface area contributed by atoms with E-state index in [-0.39, 0.29) is 0 Å². The molecule has 1 fully saturated rings. The second kappa shape index (κ2) is 4.81. The van der Waals surface area contributed by atoms with Crippen LogP contribution in [0.25, 0.3) is 0 Å². The molecule has 1 unspecified atom stereocenters. The predicted molar refractivity (Wildman–Crippen MR) is 60.8 cm³/mol. The van der Waals surface area contributed by atoms with E-state index in [1.807, 2.05) is 6.07 Å². The van der Waals surface area contributed by atoms with Crippen molar-refractivity contribution < 1.29 is 4.74 Å². The number of aromatic nitrogens is 1. The highest BCUT2D eigenvalue weighted by molar-refractivity contribution is 5.63. The monoisotopic (exact) mass is 218 g/mol. The second-order valence-corrected chi connectivity index (χ2v) is 3.88. The first-order valence-electron chi connectivity index (χ1n) is 5.27. The normalized spacial score (nSPS) is 19.3. The molecule has 1 aromatic heterocycles. The van der Waals surface area contributed by atoms with Crippen LogP contribution in [0.4, 0.5) is 11.5 Å². The fourth-order valence-corrected chi connectivity index (χ4v) is 1.68. The van der Waals surface area contributed by atoms with Crippen LogP contribution in [0.15, 0.2) is 12.3 Å². The van der Waals surface area contributed by atoms with Crippen LogP contribution in [-0.4, -0.2) is 24.7 Å². The summed E-state index contributed by atoms with van der Waals surface area (Å²) in [6.45, 7) is 2.44. The maximum absolute atomic E-state index is 8.67. The minimum absolute atomic E-state index is 0.479. The zero-order chi connectivity index (χ0) is 11.4. The fourth-order valence-electron chi connectivity index (χ4n) is 1.68. The van der Waals surface area contributed by atoms with Crippen LogP contribution in [0.2, 0.25) is 0 Å². The summed E-state index contributed by atoms with van der Waals surface area (Å²) in [4.78, 5) is 4.11. The summed E-state index contributed by atoms with van der Waals surface area (Å²) in [6, 6.07) is 3.63. The van der Waals surface area contributed by atoms with E-state index >= 15 is 0 Å². The van der Waals surface area contributed by atoms with E-state index in [0.717, 1.165) is 26.2 Å². The molecule has 1 aliphatic heterocycles. The average molecular weight is 218 g/mol. The number of anilines is 2. The molecule has 1 aromatic rings. The zero-order valence-corrected chi connectivity index (χ0v) is 8.94. The van der Waals surface area contributed by atoms with Gasteiger partial charge in [0.15, 0.2) is 0 Å². The van der Waals surface area contributed by atoms with Crippen LogP contribution in [0, 0.1) is 17.2 Å². The van der Waals surface area contributed by atoms with Gasteiger partial charge in [0.25, 0.3) is 0 Å². The minimum atomic E-state index is 0.479. The summed E-state index contributed by atoms with van der Waals surface area (Å²) < 4.78 is 5.28. The van der Waals surface area contributed by atoms with Gasteiger partial charge in [-0.1, -0.05) is 0 Å². The molecule has 0 spiro atoms. The maximum atomic E-state index is 8.67. The van der Waals surface area contributed by atoms with E-state index in [1.54, 1.807) is 6.07 Å². The van der Waals surface area contributed by atoms with Crippen molar-refractivity contribution in [3.8, 4) is 6.07 Å². The number of nitrogens with two attached hydrogens (primary N) is 1. The highest BCUT2D eigenvalue weighted by Gasteiger charge is 2.15. The Balaban J connectivity index is 1.96. The zero-order valence-electron chi connectivity index (χ0n) is 8.94. The first-order valence-corrected chi connectivity index (χ1v) is 5.27. The lowest BCUT2D eigenvalue weighted by molar-refractivity contribution is 0.187. The lowest BCUT2D eigenvalue weighted by Gasteiger charge is -2.11. The summed E-state index contributed by atoms with van der Waals surface area (Å²) in [7, 11) is 0. The van der Waals surface area contributed by atoms with Crippen molar-refractivity contribution in [2.24, 2.45) is 5.92 Å². The molecule has 2 heterocycles. The van der Waals surface area contributed by atoms with Gasteiger partial charge in [0, 0.05) is 25.3 Å². The van der Waals surface area contributed by atoms with Gasteiger partial charge in [-0.15, -0.1) is 0 Å².